The van der Waals surface area contributed by atoms with E-state index in [4.69, 9.17) is 24.0 Å². The van der Waals surface area contributed by atoms with Crippen molar-refractivity contribution in [3.63, 3.8) is 0 Å². The van der Waals surface area contributed by atoms with E-state index in [0.717, 1.165) is 0 Å². The van der Waals surface area contributed by atoms with E-state index < -0.39 is 44.6 Å². The SMILES string of the molecule is Nc1ncnc2c1ncn2[C@@H]1C[C@H](CO[P@](=O)(O)S)[C@H]1CO[P@](=O)(S)OC[C@H]1O[C@@H](n2cnc3c(=O)n4ccnc4[nH]c32)C[C@@H]1F. The molecule has 0 amide bonds. The van der Waals surface area contributed by atoms with Crippen molar-refractivity contribution in [2.75, 3.05) is 25.6 Å². The number of aromatic nitrogens is 9. The van der Waals surface area contributed by atoms with Crippen LogP contribution in [0.5, 0.6) is 0 Å². The van der Waals surface area contributed by atoms with Crippen LogP contribution in [0.3, 0.4) is 0 Å². The highest BCUT2D eigenvalue weighted by Crippen LogP contribution is 2.57. The summed E-state index contributed by atoms with van der Waals surface area (Å²) in [7, 11) is 0. The lowest BCUT2D eigenvalue weighted by molar-refractivity contribution is -0.0319. The Bertz CT molecular complexity index is 2090. The Morgan fingerprint density at radius 2 is 1.80 bits per heavy atom. The first-order chi connectivity index (χ1) is 21.9. The van der Waals surface area contributed by atoms with E-state index in [-0.39, 0.29) is 48.5 Å². The zero-order valence-electron chi connectivity index (χ0n) is 23.5. The molecule has 5 aromatic rings. The maximum Gasteiger partial charge on any atom is 0.386 e. The van der Waals surface area contributed by atoms with Gasteiger partial charge in [-0.1, -0.05) is 24.5 Å². The summed E-state index contributed by atoms with van der Waals surface area (Å²) >= 11 is 7.65. The molecule has 2 fully saturated rings. The lowest BCUT2D eigenvalue weighted by Crippen LogP contribution is -2.43. The average Bonchev–Trinajstić information content (AvgIpc) is 3.77. The Morgan fingerprint density at radius 3 is 2.61 bits per heavy atom. The number of thiol groups is 2. The Morgan fingerprint density at radius 1 is 1.04 bits per heavy atom. The smallest absolute Gasteiger partial charge is 0.382 e. The summed E-state index contributed by atoms with van der Waals surface area (Å²) in [6.45, 7) is -8.82. The molecule has 1 aliphatic heterocycles. The lowest BCUT2D eigenvalue weighted by atomic mass is 9.70. The van der Waals surface area contributed by atoms with Gasteiger partial charge in [-0.25, -0.2) is 42.8 Å². The molecule has 6 heterocycles. The minimum absolute atomic E-state index is 0.0862. The molecule has 246 valence electrons. The number of alkyl halides is 1. The number of hydrogen-bond acceptors (Lipinski definition) is 13. The largest absolute Gasteiger partial charge is 0.386 e. The van der Waals surface area contributed by atoms with Crippen molar-refractivity contribution in [2.45, 2.75) is 37.4 Å². The van der Waals surface area contributed by atoms with Crippen molar-refractivity contribution < 1.29 is 36.7 Å². The van der Waals surface area contributed by atoms with Crippen LogP contribution >= 0.6 is 38.1 Å². The molecular weight excluding hydrogens is 689 g/mol. The topological polar surface area (TPSA) is 229 Å². The maximum absolute atomic E-state index is 15.1. The first-order valence-corrected chi connectivity index (χ1v) is 19.3. The van der Waals surface area contributed by atoms with Gasteiger partial charge in [0.1, 0.15) is 36.0 Å². The van der Waals surface area contributed by atoms with Crippen molar-refractivity contribution in [3.05, 3.63) is 41.7 Å². The Labute approximate surface area is 268 Å². The van der Waals surface area contributed by atoms with Gasteiger partial charge in [0.2, 0.25) is 5.78 Å². The fraction of sp³-hybridized carbons (Fsp3) is 0.478. The first kappa shape index (κ1) is 31.7. The molecule has 18 nitrogen and oxygen atoms in total. The van der Waals surface area contributed by atoms with Crippen molar-refractivity contribution in [1.82, 2.24) is 43.4 Å². The molecule has 46 heavy (non-hydrogen) atoms. The van der Waals surface area contributed by atoms with Gasteiger partial charge in [-0.2, -0.15) is 0 Å². The summed E-state index contributed by atoms with van der Waals surface area (Å²) < 4.78 is 66.5. The van der Waals surface area contributed by atoms with Crippen LogP contribution in [-0.2, 0) is 27.4 Å². The minimum atomic E-state index is -4.05. The summed E-state index contributed by atoms with van der Waals surface area (Å²) in [5.74, 6) is -0.208. The van der Waals surface area contributed by atoms with Gasteiger partial charge in [0.15, 0.2) is 17.0 Å². The molecule has 2 aliphatic rings. The van der Waals surface area contributed by atoms with E-state index in [1.54, 1.807) is 10.9 Å². The molecule has 0 radical (unpaired) electrons. The number of nitrogens with one attached hydrogen (secondary N) is 1. The molecule has 1 aliphatic carbocycles. The van der Waals surface area contributed by atoms with Crippen LogP contribution < -0.4 is 11.3 Å². The lowest BCUT2D eigenvalue weighted by Gasteiger charge is -2.45. The molecule has 7 rings (SSSR count). The molecule has 5 aromatic heterocycles. The molecule has 0 bridgehead atoms. The Hall–Kier alpha value is -2.87. The number of aromatic amines is 1. The zero-order chi connectivity index (χ0) is 32.4. The van der Waals surface area contributed by atoms with Gasteiger partial charge in [-0.15, -0.1) is 0 Å². The monoisotopic (exact) mass is 716 g/mol. The number of fused-ring (bicyclic) bond motifs is 3. The van der Waals surface area contributed by atoms with Crippen LogP contribution in [0.2, 0.25) is 0 Å². The van der Waals surface area contributed by atoms with Crippen molar-refractivity contribution in [1.29, 1.82) is 0 Å². The van der Waals surface area contributed by atoms with Gasteiger partial charge in [-0.05, 0) is 12.3 Å². The van der Waals surface area contributed by atoms with Gasteiger partial charge in [0.05, 0.1) is 32.5 Å². The van der Waals surface area contributed by atoms with Crippen molar-refractivity contribution in [2.24, 2.45) is 11.8 Å². The number of rotatable bonds is 11. The molecule has 0 aromatic carbocycles. The number of nitrogens with zero attached hydrogens (tertiary/aromatic N) is 8. The second-order valence-corrected chi connectivity index (χ2v) is 16.6. The van der Waals surface area contributed by atoms with Gasteiger partial charge in [0, 0.05) is 30.8 Å². The highest BCUT2D eigenvalue weighted by molar-refractivity contribution is 8.44. The molecular formula is C23H27FN10O8P2S2. The minimum Gasteiger partial charge on any atom is -0.382 e. The van der Waals surface area contributed by atoms with Crippen LogP contribution in [0, 0.1) is 11.8 Å². The number of ether oxygens (including phenoxy) is 1. The number of H-pyrrole nitrogens is 1. The summed E-state index contributed by atoms with van der Waals surface area (Å²) in [5.41, 5.74) is 6.85. The van der Waals surface area contributed by atoms with E-state index in [9.17, 15) is 18.8 Å². The molecule has 4 N–H and O–H groups in total. The van der Waals surface area contributed by atoms with Crippen LogP contribution in [0.25, 0.3) is 28.1 Å². The summed E-state index contributed by atoms with van der Waals surface area (Å²) in [6, 6.07) is -0.284. The molecule has 1 saturated carbocycles. The number of anilines is 1. The van der Waals surface area contributed by atoms with E-state index in [0.29, 0.717) is 29.0 Å². The Kier molecular flexibility index (Phi) is 8.26. The second kappa shape index (κ2) is 12.0. The maximum atomic E-state index is 15.1. The molecule has 23 heteroatoms. The number of halogens is 1. The van der Waals surface area contributed by atoms with E-state index in [2.05, 4.69) is 54.4 Å². The average molecular weight is 717 g/mol. The fourth-order valence-corrected chi connectivity index (χ4v) is 7.63. The van der Waals surface area contributed by atoms with Crippen LogP contribution in [0.15, 0.2) is 36.2 Å². The number of hydrogen-bond donors (Lipinski definition) is 5. The third-order valence-electron chi connectivity index (χ3n) is 8.24. The summed E-state index contributed by atoms with van der Waals surface area (Å²) in [5, 5.41) is 0. The fourth-order valence-electron chi connectivity index (χ4n) is 5.88. The van der Waals surface area contributed by atoms with Crippen LogP contribution in [-0.4, -0.2) is 80.4 Å². The normalized spacial score (nSPS) is 27.7. The molecule has 1 saturated heterocycles. The number of imidazole rings is 3. The van der Waals surface area contributed by atoms with Crippen LogP contribution in [0.4, 0.5) is 10.2 Å². The molecule has 8 atom stereocenters. The van der Waals surface area contributed by atoms with Gasteiger partial charge in [0.25, 0.3) is 5.56 Å². The Balaban J connectivity index is 1.01. The van der Waals surface area contributed by atoms with Gasteiger partial charge < -0.3 is 34.0 Å². The quantitative estimate of drug-likeness (QED) is 0.0978. The van der Waals surface area contributed by atoms with E-state index >= 15 is 4.39 Å². The van der Waals surface area contributed by atoms with E-state index in [1.807, 2.05) is 0 Å². The standard InChI is InChI=1S/C23H27FN10O8P2S2/c24-13-4-16(34-10-30-18-21(34)31-23-26-1-2-32(23)22(18)35)42-15(13)7-41-44(38,46)40-6-12-11(5-39-43(36,37)45)3-14(12)33-9-29-17-19(25)27-8-28-20(17)33/h1-2,8-16H,3-7H2,(H,26,31)(H,38,46)(H2,25,27,28)(H2,36,37,45)/t11-,12-,13+,14-,15-,16-,44+/m1/s1. The second-order valence-electron chi connectivity index (χ2n) is 10.9. The predicted octanol–water partition coefficient (Wildman–Crippen LogP) is 2.72. The number of nitrogen functional groups attached to an aromatic ring is 1. The highest BCUT2D eigenvalue weighted by atomic mass is 32.7. The molecule has 0 spiro atoms. The van der Waals surface area contributed by atoms with Gasteiger partial charge in [-0.3, -0.25) is 13.9 Å². The highest BCUT2D eigenvalue weighted by Gasteiger charge is 2.45. The van der Waals surface area contributed by atoms with Crippen molar-refractivity contribution >= 4 is 72.0 Å². The summed E-state index contributed by atoms with van der Waals surface area (Å²) in [4.78, 5) is 46.0. The van der Waals surface area contributed by atoms with Crippen LogP contribution in [0.1, 0.15) is 25.1 Å². The van der Waals surface area contributed by atoms with Gasteiger partial charge >= 0.3 is 13.6 Å². The summed E-state index contributed by atoms with van der Waals surface area (Å²) in [6.07, 6.45) is 4.12. The first-order valence-electron chi connectivity index (χ1n) is 13.8. The van der Waals surface area contributed by atoms with E-state index in [1.165, 1.54) is 34.0 Å². The van der Waals surface area contributed by atoms with Crippen molar-refractivity contribution in [3.8, 4) is 0 Å². The predicted molar refractivity (Wildman–Crippen MR) is 166 cm³/mol. The number of nitrogens with two attached hydrogens (primary N) is 1. The third-order valence-corrected chi connectivity index (χ3v) is 10.7. The third kappa shape index (κ3) is 5.99. The molecule has 0 unspecified atom stereocenters. The zero-order valence-corrected chi connectivity index (χ0v) is 27.1.